The molecule has 1 saturated heterocycles. The van der Waals surface area contributed by atoms with Crippen LogP contribution >= 0.6 is 0 Å². The molecule has 0 bridgehead atoms. The van der Waals surface area contributed by atoms with E-state index in [4.69, 9.17) is 0 Å². The van der Waals surface area contributed by atoms with E-state index in [-0.39, 0.29) is 5.91 Å². The summed E-state index contributed by atoms with van der Waals surface area (Å²) in [7, 11) is 0. The number of hydrogen-bond donors (Lipinski definition) is 3. The molecule has 18 heavy (non-hydrogen) atoms. The number of rotatable bonds is 3. The summed E-state index contributed by atoms with van der Waals surface area (Å²) in [6, 6.07) is 8.04. The third-order valence-electron chi connectivity index (χ3n) is 3.24. The van der Waals surface area contributed by atoms with Crippen LogP contribution < -0.4 is 10.6 Å². The number of aromatic amines is 1. The van der Waals surface area contributed by atoms with Crippen molar-refractivity contribution in [1.82, 2.24) is 15.3 Å². The number of aromatic nitrogens is 2. The van der Waals surface area contributed by atoms with E-state index in [0.717, 1.165) is 30.4 Å². The number of fused-ring (bicyclic) bond motifs is 1. The molecule has 3 rings (SSSR count). The maximum absolute atomic E-state index is 11.8. The molecular formula is C13H16N4O. The molecule has 1 aromatic carbocycles. The van der Waals surface area contributed by atoms with Crippen LogP contribution in [-0.4, -0.2) is 28.5 Å². The zero-order valence-electron chi connectivity index (χ0n) is 10.1. The molecule has 1 aromatic heterocycles. The second kappa shape index (κ2) is 4.78. The van der Waals surface area contributed by atoms with Gasteiger partial charge in [0.1, 0.15) is 0 Å². The lowest BCUT2D eigenvalue weighted by molar-refractivity contribution is -0.116. The normalized spacial score (nSPS) is 19.2. The standard InChI is InChI=1S/C13H16N4O/c18-12(8-9-4-3-7-14-9)17-13-15-10-5-1-2-6-11(10)16-13/h1-2,5-6,9,14H,3-4,7-8H2,(H2,15,16,17,18). The van der Waals surface area contributed by atoms with Gasteiger partial charge in [-0.25, -0.2) is 4.98 Å². The van der Waals surface area contributed by atoms with Gasteiger partial charge >= 0.3 is 0 Å². The molecule has 5 nitrogen and oxygen atoms in total. The minimum atomic E-state index is 0.00783. The number of carbonyl (C=O) groups is 1. The minimum absolute atomic E-state index is 0.00783. The molecule has 1 amide bonds. The highest BCUT2D eigenvalue weighted by atomic mass is 16.1. The van der Waals surface area contributed by atoms with Crippen molar-refractivity contribution < 1.29 is 4.79 Å². The first-order valence-electron chi connectivity index (χ1n) is 6.29. The third kappa shape index (κ3) is 2.36. The van der Waals surface area contributed by atoms with Crippen molar-refractivity contribution in [2.45, 2.75) is 25.3 Å². The maximum Gasteiger partial charge on any atom is 0.228 e. The molecule has 1 fully saturated rings. The zero-order valence-corrected chi connectivity index (χ0v) is 10.1. The van der Waals surface area contributed by atoms with Gasteiger partial charge in [-0.2, -0.15) is 0 Å². The van der Waals surface area contributed by atoms with Crippen LogP contribution in [0.1, 0.15) is 19.3 Å². The molecular weight excluding hydrogens is 228 g/mol. The van der Waals surface area contributed by atoms with E-state index in [0.29, 0.717) is 18.4 Å². The number of imidazole rings is 1. The highest BCUT2D eigenvalue weighted by Crippen LogP contribution is 2.14. The van der Waals surface area contributed by atoms with E-state index in [1.807, 2.05) is 24.3 Å². The number of nitrogens with zero attached hydrogens (tertiary/aromatic N) is 1. The Kier molecular flexibility index (Phi) is 2.98. The van der Waals surface area contributed by atoms with E-state index in [1.165, 1.54) is 0 Å². The van der Waals surface area contributed by atoms with Crippen LogP contribution in [0.15, 0.2) is 24.3 Å². The fourth-order valence-electron chi connectivity index (χ4n) is 2.35. The molecule has 2 heterocycles. The van der Waals surface area contributed by atoms with Crippen molar-refractivity contribution in [2.75, 3.05) is 11.9 Å². The second-order valence-corrected chi connectivity index (χ2v) is 4.65. The molecule has 2 aromatic rings. The smallest absolute Gasteiger partial charge is 0.228 e. The molecule has 1 unspecified atom stereocenters. The van der Waals surface area contributed by atoms with E-state index in [9.17, 15) is 4.79 Å². The summed E-state index contributed by atoms with van der Waals surface area (Å²) < 4.78 is 0. The topological polar surface area (TPSA) is 69.8 Å². The number of nitrogens with one attached hydrogen (secondary N) is 3. The van der Waals surface area contributed by atoms with Crippen molar-refractivity contribution in [3.8, 4) is 0 Å². The second-order valence-electron chi connectivity index (χ2n) is 4.65. The van der Waals surface area contributed by atoms with Gasteiger partial charge in [-0.3, -0.25) is 10.1 Å². The van der Waals surface area contributed by atoms with Gasteiger partial charge in [-0.1, -0.05) is 12.1 Å². The van der Waals surface area contributed by atoms with Crippen LogP contribution in [0.25, 0.3) is 11.0 Å². The lowest BCUT2D eigenvalue weighted by Crippen LogP contribution is -2.27. The first-order chi connectivity index (χ1) is 8.81. The summed E-state index contributed by atoms with van der Waals surface area (Å²) in [4.78, 5) is 19.2. The largest absolute Gasteiger partial charge is 0.324 e. The fourth-order valence-corrected chi connectivity index (χ4v) is 2.35. The average molecular weight is 244 g/mol. The van der Waals surface area contributed by atoms with Crippen LogP contribution in [0.3, 0.4) is 0 Å². The number of anilines is 1. The van der Waals surface area contributed by atoms with E-state index < -0.39 is 0 Å². The summed E-state index contributed by atoms with van der Waals surface area (Å²) in [5, 5.41) is 6.12. The monoisotopic (exact) mass is 244 g/mol. The van der Waals surface area contributed by atoms with Crippen LogP contribution in [0.5, 0.6) is 0 Å². The van der Waals surface area contributed by atoms with Crippen molar-refractivity contribution in [3.63, 3.8) is 0 Å². The Labute approximate surface area is 105 Å². The van der Waals surface area contributed by atoms with Gasteiger partial charge in [0.15, 0.2) is 0 Å². The van der Waals surface area contributed by atoms with Crippen molar-refractivity contribution in [2.24, 2.45) is 0 Å². The van der Waals surface area contributed by atoms with Crippen molar-refractivity contribution in [1.29, 1.82) is 0 Å². The zero-order chi connectivity index (χ0) is 12.4. The maximum atomic E-state index is 11.8. The van der Waals surface area contributed by atoms with Gasteiger partial charge in [-0.15, -0.1) is 0 Å². The van der Waals surface area contributed by atoms with Gasteiger partial charge in [0.25, 0.3) is 0 Å². The van der Waals surface area contributed by atoms with E-state index in [2.05, 4.69) is 20.6 Å². The Morgan fingerprint density at radius 3 is 3.11 bits per heavy atom. The lowest BCUT2D eigenvalue weighted by Gasteiger charge is -2.08. The molecule has 1 aliphatic heterocycles. The lowest BCUT2D eigenvalue weighted by atomic mass is 10.1. The Hall–Kier alpha value is -1.88. The molecule has 1 aliphatic rings. The highest BCUT2D eigenvalue weighted by Gasteiger charge is 2.18. The number of H-pyrrole nitrogens is 1. The third-order valence-corrected chi connectivity index (χ3v) is 3.24. The summed E-state index contributed by atoms with van der Waals surface area (Å²) >= 11 is 0. The Morgan fingerprint density at radius 2 is 2.33 bits per heavy atom. The first kappa shape index (κ1) is 11.2. The molecule has 0 aliphatic carbocycles. The van der Waals surface area contributed by atoms with Crippen LogP contribution in [0.4, 0.5) is 5.95 Å². The summed E-state index contributed by atoms with van der Waals surface area (Å²) in [6.45, 7) is 1.02. The summed E-state index contributed by atoms with van der Waals surface area (Å²) in [5.74, 6) is 0.535. The molecule has 1 atom stereocenters. The van der Waals surface area contributed by atoms with Gasteiger partial charge in [-0.05, 0) is 31.5 Å². The quantitative estimate of drug-likeness (QED) is 0.768. The Balaban J connectivity index is 1.66. The van der Waals surface area contributed by atoms with Gasteiger partial charge in [0, 0.05) is 12.5 Å². The fraction of sp³-hybridized carbons (Fsp3) is 0.385. The number of para-hydroxylation sites is 2. The number of hydrogen-bond acceptors (Lipinski definition) is 3. The van der Waals surface area contributed by atoms with Crippen molar-refractivity contribution in [3.05, 3.63) is 24.3 Å². The summed E-state index contributed by atoms with van der Waals surface area (Å²) in [5.41, 5.74) is 1.80. The minimum Gasteiger partial charge on any atom is -0.324 e. The highest BCUT2D eigenvalue weighted by molar-refractivity contribution is 5.91. The van der Waals surface area contributed by atoms with Crippen LogP contribution in [0, 0.1) is 0 Å². The molecule has 3 N–H and O–H groups in total. The van der Waals surface area contributed by atoms with E-state index in [1.54, 1.807) is 0 Å². The van der Waals surface area contributed by atoms with Crippen LogP contribution in [-0.2, 0) is 4.79 Å². The summed E-state index contributed by atoms with van der Waals surface area (Å²) in [6.07, 6.45) is 2.74. The predicted molar refractivity (Wildman–Crippen MR) is 70.4 cm³/mol. The van der Waals surface area contributed by atoms with Crippen molar-refractivity contribution >= 4 is 22.9 Å². The molecule has 0 radical (unpaired) electrons. The Morgan fingerprint density at radius 1 is 1.44 bits per heavy atom. The average Bonchev–Trinajstić information content (AvgIpc) is 2.96. The molecule has 5 heteroatoms. The van der Waals surface area contributed by atoms with E-state index >= 15 is 0 Å². The Bertz CT molecular complexity index is 524. The molecule has 0 saturated carbocycles. The number of amides is 1. The predicted octanol–water partition coefficient (Wildman–Crippen LogP) is 1.64. The van der Waals surface area contributed by atoms with Gasteiger partial charge < -0.3 is 10.3 Å². The number of carbonyl (C=O) groups excluding carboxylic acids is 1. The van der Waals surface area contributed by atoms with Gasteiger partial charge in [0.2, 0.25) is 11.9 Å². The number of benzene rings is 1. The van der Waals surface area contributed by atoms with Gasteiger partial charge in [0.05, 0.1) is 11.0 Å². The first-order valence-corrected chi connectivity index (χ1v) is 6.29. The SMILES string of the molecule is O=C(CC1CCCN1)Nc1nc2ccccc2[nH]1. The molecule has 0 spiro atoms. The van der Waals surface area contributed by atoms with Crippen LogP contribution in [0.2, 0.25) is 0 Å². The molecule has 94 valence electrons.